The lowest BCUT2D eigenvalue weighted by molar-refractivity contribution is -0.274. The monoisotopic (exact) mass is 428 g/mol. The predicted molar refractivity (Wildman–Crippen MR) is 104 cm³/mol. The summed E-state index contributed by atoms with van der Waals surface area (Å²) in [6.45, 7) is 1.82. The number of nitrogens with zero attached hydrogens (tertiary/aromatic N) is 4. The van der Waals surface area contributed by atoms with Crippen molar-refractivity contribution in [3.8, 4) is 28.9 Å². The summed E-state index contributed by atoms with van der Waals surface area (Å²) in [5, 5.41) is 13.4. The molecule has 1 aromatic heterocycles. The summed E-state index contributed by atoms with van der Waals surface area (Å²) in [5.41, 5.74) is 1.67. The number of nitriles is 1. The van der Waals surface area contributed by atoms with Crippen LogP contribution < -0.4 is 4.74 Å². The van der Waals surface area contributed by atoms with Crippen molar-refractivity contribution in [2.45, 2.75) is 13.3 Å². The predicted octanol–water partition coefficient (Wildman–Crippen LogP) is 4.30. The Labute approximate surface area is 175 Å². The van der Waals surface area contributed by atoms with Crippen LogP contribution in [-0.4, -0.2) is 33.7 Å². The first-order chi connectivity index (χ1) is 14.8. The lowest BCUT2D eigenvalue weighted by Crippen LogP contribution is -2.17. The van der Waals surface area contributed by atoms with E-state index in [2.05, 4.69) is 14.8 Å². The van der Waals surface area contributed by atoms with Crippen molar-refractivity contribution in [3.05, 3.63) is 66.0 Å². The molecule has 10 heteroatoms. The van der Waals surface area contributed by atoms with Crippen molar-refractivity contribution in [2.75, 3.05) is 6.61 Å². The van der Waals surface area contributed by atoms with Crippen LogP contribution in [0.15, 0.2) is 60.4 Å². The van der Waals surface area contributed by atoms with Crippen molar-refractivity contribution in [1.82, 2.24) is 14.8 Å². The molecule has 0 spiro atoms. The zero-order chi connectivity index (χ0) is 22.4. The first-order valence-electron chi connectivity index (χ1n) is 8.96. The first-order valence-corrected chi connectivity index (χ1v) is 8.96. The summed E-state index contributed by atoms with van der Waals surface area (Å²) in [4.78, 5) is 15.9. The minimum Gasteiger partial charge on any atom is -0.462 e. The van der Waals surface area contributed by atoms with Crippen LogP contribution in [0.25, 0.3) is 23.2 Å². The van der Waals surface area contributed by atoms with Crippen molar-refractivity contribution in [3.63, 3.8) is 0 Å². The molecule has 0 radical (unpaired) electrons. The number of ether oxygens (including phenoxy) is 2. The molecule has 0 saturated carbocycles. The minimum atomic E-state index is -4.76. The van der Waals surface area contributed by atoms with Gasteiger partial charge in [-0.25, -0.2) is 14.5 Å². The first kappa shape index (κ1) is 21.6. The summed E-state index contributed by atoms with van der Waals surface area (Å²) < 4.78 is 46.8. The molecule has 2 aromatic carbocycles. The van der Waals surface area contributed by atoms with Gasteiger partial charge in [-0.3, -0.25) is 0 Å². The fraction of sp³-hybridized carbons (Fsp3) is 0.143. The zero-order valence-electron chi connectivity index (χ0n) is 16.1. The van der Waals surface area contributed by atoms with Crippen molar-refractivity contribution < 1.29 is 27.4 Å². The van der Waals surface area contributed by atoms with E-state index in [0.29, 0.717) is 22.6 Å². The van der Waals surface area contributed by atoms with E-state index in [1.807, 2.05) is 0 Å². The molecular formula is C21H15F3N4O3. The standard InChI is InChI=1S/C21H15F3N4O3/c1-2-30-20(29)16(12-25)11-14-3-5-15(6-4-14)19-26-13-28(27-19)17-7-9-18(10-8-17)31-21(22,23)24/h3-11,13H,2H2,1H3/b16-11+. The molecule has 0 fully saturated rings. The molecule has 3 rings (SSSR count). The molecule has 0 aliphatic carbocycles. The van der Waals surface area contributed by atoms with Gasteiger partial charge < -0.3 is 9.47 Å². The molecule has 0 unspecified atom stereocenters. The van der Waals surface area contributed by atoms with Crippen LogP contribution in [-0.2, 0) is 9.53 Å². The van der Waals surface area contributed by atoms with E-state index in [0.717, 1.165) is 0 Å². The van der Waals surface area contributed by atoms with Crippen LogP contribution >= 0.6 is 0 Å². The van der Waals surface area contributed by atoms with E-state index in [4.69, 9.17) is 10.00 Å². The van der Waals surface area contributed by atoms with Gasteiger partial charge in [0.15, 0.2) is 5.82 Å². The average molecular weight is 428 g/mol. The summed E-state index contributed by atoms with van der Waals surface area (Å²) in [7, 11) is 0. The van der Waals surface area contributed by atoms with Crippen molar-refractivity contribution in [2.24, 2.45) is 0 Å². The minimum absolute atomic E-state index is 0.116. The number of hydrogen-bond donors (Lipinski definition) is 0. The highest BCUT2D eigenvalue weighted by atomic mass is 19.4. The van der Waals surface area contributed by atoms with E-state index in [9.17, 15) is 18.0 Å². The number of alkyl halides is 3. The highest BCUT2D eigenvalue weighted by molar-refractivity contribution is 5.97. The number of rotatable bonds is 6. The van der Waals surface area contributed by atoms with Crippen molar-refractivity contribution in [1.29, 1.82) is 5.26 Å². The summed E-state index contributed by atoms with van der Waals surface area (Å²) in [6.07, 6.45) is -1.91. The largest absolute Gasteiger partial charge is 0.573 e. The number of halogens is 3. The third kappa shape index (κ3) is 5.70. The number of esters is 1. The average Bonchev–Trinajstić information content (AvgIpc) is 3.22. The normalized spacial score (nSPS) is 11.6. The molecular weight excluding hydrogens is 413 g/mol. The quantitative estimate of drug-likeness (QED) is 0.330. The maximum atomic E-state index is 12.3. The van der Waals surface area contributed by atoms with Crippen LogP contribution in [0.4, 0.5) is 13.2 Å². The van der Waals surface area contributed by atoms with Crippen LogP contribution in [0.2, 0.25) is 0 Å². The number of hydrogen-bond acceptors (Lipinski definition) is 6. The van der Waals surface area contributed by atoms with E-state index in [1.54, 1.807) is 37.3 Å². The Hall–Kier alpha value is -4.13. The summed E-state index contributed by atoms with van der Waals surface area (Å²) in [5.74, 6) is -0.641. The summed E-state index contributed by atoms with van der Waals surface area (Å²) in [6, 6.07) is 13.8. The fourth-order valence-electron chi connectivity index (χ4n) is 2.56. The Morgan fingerprint density at radius 1 is 1.16 bits per heavy atom. The molecule has 7 nitrogen and oxygen atoms in total. The topological polar surface area (TPSA) is 90.0 Å². The van der Waals surface area contributed by atoms with Gasteiger partial charge in [-0.15, -0.1) is 18.3 Å². The van der Waals surface area contributed by atoms with E-state index >= 15 is 0 Å². The van der Waals surface area contributed by atoms with Gasteiger partial charge in [0, 0.05) is 5.56 Å². The number of carbonyl (C=O) groups is 1. The lowest BCUT2D eigenvalue weighted by atomic mass is 10.1. The smallest absolute Gasteiger partial charge is 0.462 e. The second-order valence-electron chi connectivity index (χ2n) is 6.07. The van der Waals surface area contributed by atoms with Crippen LogP contribution in [0.1, 0.15) is 12.5 Å². The van der Waals surface area contributed by atoms with Crippen LogP contribution in [0.3, 0.4) is 0 Å². The van der Waals surface area contributed by atoms with E-state index in [-0.39, 0.29) is 17.9 Å². The highest BCUT2D eigenvalue weighted by Crippen LogP contribution is 2.24. The third-order valence-electron chi connectivity index (χ3n) is 3.92. The van der Waals surface area contributed by atoms with Gasteiger partial charge in [0.05, 0.1) is 12.3 Å². The molecule has 1 heterocycles. The maximum absolute atomic E-state index is 12.3. The Morgan fingerprint density at radius 3 is 2.42 bits per heavy atom. The zero-order valence-corrected chi connectivity index (χ0v) is 16.1. The second-order valence-corrected chi connectivity index (χ2v) is 6.07. The molecule has 0 saturated heterocycles. The van der Waals surface area contributed by atoms with E-state index < -0.39 is 12.3 Å². The Kier molecular flexibility index (Phi) is 6.35. The highest BCUT2D eigenvalue weighted by Gasteiger charge is 2.31. The van der Waals surface area contributed by atoms with Gasteiger partial charge in [0.2, 0.25) is 0 Å². The second kappa shape index (κ2) is 9.13. The molecule has 0 aliphatic rings. The lowest BCUT2D eigenvalue weighted by Gasteiger charge is -2.09. The van der Waals surface area contributed by atoms with Crippen LogP contribution in [0.5, 0.6) is 5.75 Å². The van der Waals surface area contributed by atoms with Gasteiger partial charge in [0.1, 0.15) is 23.7 Å². The molecule has 158 valence electrons. The van der Waals surface area contributed by atoms with Gasteiger partial charge in [-0.2, -0.15) is 5.26 Å². The summed E-state index contributed by atoms with van der Waals surface area (Å²) >= 11 is 0. The molecule has 31 heavy (non-hydrogen) atoms. The molecule has 0 amide bonds. The van der Waals surface area contributed by atoms with Gasteiger partial charge in [0.25, 0.3) is 0 Å². The Balaban J connectivity index is 1.75. The van der Waals surface area contributed by atoms with Gasteiger partial charge in [-0.1, -0.05) is 24.3 Å². The SMILES string of the molecule is CCOC(=O)/C(C#N)=C/c1ccc(-c2ncn(-c3ccc(OC(F)(F)F)cc3)n2)cc1. The number of benzene rings is 2. The van der Waals surface area contributed by atoms with Crippen LogP contribution in [0, 0.1) is 11.3 Å². The van der Waals surface area contributed by atoms with Gasteiger partial charge >= 0.3 is 12.3 Å². The molecule has 0 aliphatic heterocycles. The maximum Gasteiger partial charge on any atom is 0.573 e. The number of aromatic nitrogens is 3. The van der Waals surface area contributed by atoms with E-state index in [1.165, 1.54) is 41.4 Å². The Morgan fingerprint density at radius 2 is 1.84 bits per heavy atom. The van der Waals surface area contributed by atoms with Gasteiger partial charge in [-0.05, 0) is 42.8 Å². The Bertz CT molecular complexity index is 1130. The third-order valence-corrected chi connectivity index (χ3v) is 3.92. The fourth-order valence-corrected chi connectivity index (χ4v) is 2.56. The van der Waals surface area contributed by atoms with Crippen molar-refractivity contribution >= 4 is 12.0 Å². The molecule has 0 atom stereocenters. The number of carbonyl (C=O) groups excluding carboxylic acids is 1. The molecule has 0 bridgehead atoms. The molecule has 0 N–H and O–H groups in total. The molecule has 3 aromatic rings.